The zero-order chi connectivity index (χ0) is 13.4. The highest BCUT2D eigenvalue weighted by molar-refractivity contribution is 5.76. The second-order valence-corrected chi connectivity index (χ2v) is 4.97. The molecule has 1 saturated heterocycles. The van der Waals surface area contributed by atoms with Crippen LogP contribution >= 0.6 is 0 Å². The highest BCUT2D eigenvalue weighted by atomic mass is 16.3. The Kier molecular flexibility index (Phi) is 6.72. The molecule has 0 radical (unpaired) electrons. The van der Waals surface area contributed by atoms with Crippen LogP contribution in [0.5, 0.6) is 0 Å². The second-order valence-electron chi connectivity index (χ2n) is 4.97. The van der Waals surface area contributed by atoms with E-state index in [0.29, 0.717) is 19.5 Å². The Bertz CT molecular complexity index is 281. The first-order valence-corrected chi connectivity index (χ1v) is 6.76. The fraction of sp³-hybridized carbons (Fsp3) is 0.846. The van der Waals surface area contributed by atoms with Gasteiger partial charge < -0.3 is 15.3 Å². The molecule has 0 saturated carbocycles. The number of amides is 2. The molecule has 1 fully saturated rings. The molecule has 104 valence electrons. The molecule has 1 aliphatic rings. The largest absolute Gasteiger partial charge is 0.396 e. The first kappa shape index (κ1) is 15.0. The van der Waals surface area contributed by atoms with E-state index in [0.717, 1.165) is 32.2 Å². The molecule has 1 heterocycles. The molecule has 1 aliphatic heterocycles. The van der Waals surface area contributed by atoms with Gasteiger partial charge in [0.25, 0.3) is 0 Å². The van der Waals surface area contributed by atoms with Gasteiger partial charge in [-0.2, -0.15) is 0 Å². The summed E-state index contributed by atoms with van der Waals surface area (Å²) >= 11 is 0. The third-order valence-corrected chi connectivity index (χ3v) is 3.34. The van der Waals surface area contributed by atoms with E-state index in [4.69, 9.17) is 5.11 Å². The number of unbranched alkanes of at least 4 members (excludes halogenated alkanes) is 2. The lowest BCUT2D eigenvalue weighted by molar-refractivity contribution is -0.130. The summed E-state index contributed by atoms with van der Waals surface area (Å²) in [6, 6.07) is 0. The third kappa shape index (κ3) is 5.49. The van der Waals surface area contributed by atoms with E-state index in [9.17, 15) is 9.59 Å². The van der Waals surface area contributed by atoms with Crippen molar-refractivity contribution in [3.63, 3.8) is 0 Å². The van der Waals surface area contributed by atoms with Gasteiger partial charge in [-0.15, -0.1) is 0 Å². The summed E-state index contributed by atoms with van der Waals surface area (Å²) < 4.78 is 0. The average Bonchev–Trinajstić information content (AvgIpc) is 2.81. The van der Waals surface area contributed by atoms with E-state index in [2.05, 4.69) is 5.32 Å². The zero-order valence-electron chi connectivity index (χ0n) is 11.2. The normalized spacial score (nSPS) is 19.0. The Hall–Kier alpha value is -1.10. The van der Waals surface area contributed by atoms with Crippen molar-refractivity contribution in [2.45, 2.75) is 39.0 Å². The predicted molar refractivity (Wildman–Crippen MR) is 68.9 cm³/mol. The van der Waals surface area contributed by atoms with Crippen LogP contribution in [0.1, 0.15) is 39.0 Å². The lowest BCUT2D eigenvalue weighted by atomic mass is 10.1. The van der Waals surface area contributed by atoms with Crippen LogP contribution in [0.15, 0.2) is 0 Å². The molecule has 1 atom stereocenters. The van der Waals surface area contributed by atoms with Crippen LogP contribution in [0.3, 0.4) is 0 Å². The van der Waals surface area contributed by atoms with E-state index < -0.39 is 0 Å². The van der Waals surface area contributed by atoms with E-state index in [1.807, 2.05) is 4.90 Å². The van der Waals surface area contributed by atoms with Crippen LogP contribution in [0, 0.1) is 5.92 Å². The van der Waals surface area contributed by atoms with E-state index in [-0.39, 0.29) is 24.3 Å². The van der Waals surface area contributed by atoms with Crippen LogP contribution in [0.2, 0.25) is 0 Å². The van der Waals surface area contributed by atoms with Gasteiger partial charge in [-0.1, -0.05) is 6.42 Å². The number of carbonyl (C=O) groups excluding carboxylic acids is 2. The Morgan fingerprint density at radius 2 is 2.11 bits per heavy atom. The van der Waals surface area contributed by atoms with Crippen molar-refractivity contribution in [3.8, 4) is 0 Å². The van der Waals surface area contributed by atoms with Crippen molar-refractivity contribution in [3.05, 3.63) is 0 Å². The van der Waals surface area contributed by atoms with Crippen LogP contribution < -0.4 is 5.32 Å². The van der Waals surface area contributed by atoms with Gasteiger partial charge in [0.15, 0.2) is 0 Å². The minimum atomic E-state index is -0.00168. The molecule has 1 rings (SSSR count). The van der Waals surface area contributed by atoms with Gasteiger partial charge in [0, 0.05) is 45.5 Å². The number of rotatable bonds is 7. The molecule has 1 unspecified atom stereocenters. The smallest absolute Gasteiger partial charge is 0.222 e. The Balaban J connectivity index is 2.02. The molecule has 0 spiro atoms. The Morgan fingerprint density at radius 3 is 2.72 bits per heavy atom. The highest BCUT2D eigenvalue weighted by Crippen LogP contribution is 2.17. The van der Waals surface area contributed by atoms with E-state index >= 15 is 0 Å². The standard InChI is InChI=1S/C13H24N2O3/c1-11(17)14-7-4-2-3-5-13(18)15-8-6-12(9-15)10-16/h12,16H,2-10H2,1H3,(H,14,17). The number of aliphatic hydroxyl groups excluding tert-OH is 1. The molecular weight excluding hydrogens is 232 g/mol. The van der Waals surface area contributed by atoms with Crippen molar-refractivity contribution in [1.82, 2.24) is 10.2 Å². The second kappa shape index (κ2) is 8.08. The van der Waals surface area contributed by atoms with Gasteiger partial charge in [-0.05, 0) is 19.3 Å². The average molecular weight is 256 g/mol. The summed E-state index contributed by atoms with van der Waals surface area (Å²) in [5.74, 6) is 0.470. The van der Waals surface area contributed by atoms with Crippen molar-refractivity contribution in [2.24, 2.45) is 5.92 Å². The quantitative estimate of drug-likeness (QED) is 0.653. The van der Waals surface area contributed by atoms with Crippen molar-refractivity contribution in [1.29, 1.82) is 0 Å². The van der Waals surface area contributed by atoms with Crippen LogP contribution in [0.4, 0.5) is 0 Å². The molecule has 5 heteroatoms. The minimum Gasteiger partial charge on any atom is -0.396 e. The summed E-state index contributed by atoms with van der Waals surface area (Å²) in [4.78, 5) is 24.3. The fourth-order valence-electron chi connectivity index (χ4n) is 2.21. The van der Waals surface area contributed by atoms with Crippen molar-refractivity contribution in [2.75, 3.05) is 26.2 Å². The van der Waals surface area contributed by atoms with Crippen LogP contribution in [-0.4, -0.2) is 48.1 Å². The molecule has 2 amide bonds. The molecular formula is C13H24N2O3. The SMILES string of the molecule is CC(=O)NCCCCCC(=O)N1CCC(CO)C1. The number of hydrogen-bond acceptors (Lipinski definition) is 3. The minimum absolute atomic E-state index is 0.00168. The molecule has 5 nitrogen and oxygen atoms in total. The summed E-state index contributed by atoms with van der Waals surface area (Å²) in [5, 5.41) is 11.8. The number of likely N-dealkylation sites (tertiary alicyclic amines) is 1. The third-order valence-electron chi connectivity index (χ3n) is 3.34. The maximum atomic E-state index is 11.8. The van der Waals surface area contributed by atoms with Gasteiger partial charge in [0.1, 0.15) is 0 Å². The molecule has 0 aromatic carbocycles. The van der Waals surface area contributed by atoms with Crippen molar-refractivity contribution < 1.29 is 14.7 Å². The summed E-state index contributed by atoms with van der Waals surface area (Å²) in [6.45, 7) is 3.88. The monoisotopic (exact) mass is 256 g/mol. The number of hydrogen-bond donors (Lipinski definition) is 2. The lowest BCUT2D eigenvalue weighted by Crippen LogP contribution is -2.28. The number of nitrogens with one attached hydrogen (secondary N) is 1. The fourth-order valence-corrected chi connectivity index (χ4v) is 2.21. The molecule has 0 aromatic heterocycles. The predicted octanol–water partition coefficient (Wildman–Crippen LogP) is 0.524. The van der Waals surface area contributed by atoms with E-state index in [1.54, 1.807) is 0 Å². The summed E-state index contributed by atoms with van der Waals surface area (Å²) in [5.41, 5.74) is 0. The maximum absolute atomic E-state index is 11.8. The van der Waals surface area contributed by atoms with Crippen LogP contribution in [0.25, 0.3) is 0 Å². The highest BCUT2D eigenvalue weighted by Gasteiger charge is 2.24. The zero-order valence-corrected chi connectivity index (χ0v) is 11.2. The summed E-state index contributed by atoms with van der Waals surface area (Å²) in [7, 11) is 0. The number of nitrogens with zero attached hydrogens (tertiary/aromatic N) is 1. The number of carbonyl (C=O) groups is 2. The molecule has 0 aliphatic carbocycles. The first-order valence-electron chi connectivity index (χ1n) is 6.76. The molecule has 2 N–H and O–H groups in total. The van der Waals surface area contributed by atoms with Crippen LogP contribution in [-0.2, 0) is 9.59 Å². The Labute approximate surface area is 109 Å². The van der Waals surface area contributed by atoms with Gasteiger partial charge in [0.05, 0.1) is 0 Å². The number of aliphatic hydroxyl groups is 1. The summed E-state index contributed by atoms with van der Waals surface area (Å²) in [6.07, 6.45) is 4.26. The van der Waals surface area contributed by atoms with Gasteiger partial charge >= 0.3 is 0 Å². The van der Waals surface area contributed by atoms with Gasteiger partial charge in [-0.3, -0.25) is 9.59 Å². The van der Waals surface area contributed by atoms with Gasteiger partial charge in [-0.25, -0.2) is 0 Å². The lowest BCUT2D eigenvalue weighted by Gasteiger charge is -2.15. The molecule has 0 bridgehead atoms. The van der Waals surface area contributed by atoms with Crippen molar-refractivity contribution >= 4 is 11.8 Å². The topological polar surface area (TPSA) is 69.6 Å². The first-order chi connectivity index (χ1) is 8.63. The Morgan fingerprint density at radius 1 is 1.33 bits per heavy atom. The molecule has 0 aromatic rings. The maximum Gasteiger partial charge on any atom is 0.222 e. The molecule has 18 heavy (non-hydrogen) atoms. The van der Waals surface area contributed by atoms with E-state index in [1.165, 1.54) is 6.92 Å². The van der Waals surface area contributed by atoms with Gasteiger partial charge in [0.2, 0.25) is 11.8 Å².